The topological polar surface area (TPSA) is 77.3 Å². The molecule has 1 heterocycles. The fraction of sp³-hybridized carbons (Fsp3) is 0.500. The summed E-state index contributed by atoms with van der Waals surface area (Å²) in [5, 5.41) is 3.44. The van der Waals surface area contributed by atoms with Crippen molar-refractivity contribution in [2.75, 3.05) is 7.05 Å². The van der Waals surface area contributed by atoms with Gasteiger partial charge in [0.15, 0.2) is 6.33 Å². The molecule has 0 bridgehead atoms. The molecular formula is C6H10N4O. The van der Waals surface area contributed by atoms with Crippen LogP contribution < -0.4 is 5.73 Å². The Morgan fingerprint density at radius 2 is 2.73 bits per heavy atom. The van der Waals surface area contributed by atoms with Crippen LogP contribution in [-0.2, 0) is 0 Å². The first-order valence-electron chi connectivity index (χ1n) is 3.27. The zero-order valence-corrected chi connectivity index (χ0v) is 6.27. The molecule has 0 fully saturated rings. The van der Waals surface area contributed by atoms with Crippen LogP contribution in [0.3, 0.4) is 0 Å². The summed E-state index contributed by atoms with van der Waals surface area (Å²) in [5.41, 5.74) is 5.64. The summed E-state index contributed by atoms with van der Waals surface area (Å²) < 4.78 is 4.74. The van der Waals surface area contributed by atoms with Gasteiger partial charge < -0.3 is 15.2 Å². The average molecular weight is 154 g/mol. The van der Waals surface area contributed by atoms with Crippen molar-refractivity contribution in [1.82, 2.24) is 10.1 Å². The van der Waals surface area contributed by atoms with Crippen molar-refractivity contribution in [3.05, 3.63) is 12.2 Å². The quantitative estimate of drug-likeness (QED) is 0.629. The summed E-state index contributed by atoms with van der Waals surface area (Å²) >= 11 is 0. The summed E-state index contributed by atoms with van der Waals surface area (Å²) in [6, 6.07) is -0.235. The molecule has 0 radical (unpaired) electrons. The number of aromatic nitrogens is 2. The first kappa shape index (κ1) is 7.87. The first-order valence-corrected chi connectivity index (χ1v) is 3.27. The normalized spacial score (nSPS) is 14.0. The van der Waals surface area contributed by atoms with Gasteiger partial charge in [-0.3, -0.25) is 0 Å². The number of aliphatic imine (C=N–C) groups is 1. The fourth-order valence-corrected chi connectivity index (χ4v) is 0.665. The summed E-state index contributed by atoms with van der Waals surface area (Å²) in [7, 11) is 1.69. The summed E-state index contributed by atoms with van der Waals surface area (Å²) in [5.74, 6) is 0.449. The lowest BCUT2D eigenvalue weighted by Gasteiger charge is -1.99. The highest BCUT2D eigenvalue weighted by molar-refractivity contribution is 5.57. The van der Waals surface area contributed by atoms with E-state index in [1.807, 2.05) is 0 Å². The minimum Gasteiger partial charge on any atom is -0.338 e. The fourth-order valence-electron chi connectivity index (χ4n) is 0.665. The monoisotopic (exact) mass is 154 g/mol. The zero-order valence-electron chi connectivity index (χ0n) is 6.27. The molecule has 5 nitrogen and oxygen atoms in total. The summed E-state index contributed by atoms with van der Waals surface area (Å²) in [4.78, 5) is 7.60. The molecule has 1 aromatic heterocycles. The minimum absolute atomic E-state index is 0.235. The van der Waals surface area contributed by atoms with Crippen molar-refractivity contribution in [1.29, 1.82) is 0 Å². The molecule has 0 saturated heterocycles. The zero-order chi connectivity index (χ0) is 8.10. The molecule has 0 aliphatic heterocycles. The Bertz CT molecular complexity index is 218. The molecule has 0 aliphatic rings. The lowest BCUT2D eigenvalue weighted by molar-refractivity contribution is 0.357. The van der Waals surface area contributed by atoms with Crippen LogP contribution in [0, 0.1) is 0 Å². The van der Waals surface area contributed by atoms with Crippen molar-refractivity contribution in [2.45, 2.75) is 12.5 Å². The second kappa shape index (κ2) is 3.82. The van der Waals surface area contributed by atoms with Crippen molar-refractivity contribution < 1.29 is 4.52 Å². The molecule has 11 heavy (non-hydrogen) atoms. The van der Waals surface area contributed by atoms with E-state index in [0.29, 0.717) is 12.3 Å². The highest BCUT2D eigenvalue weighted by atomic mass is 16.5. The van der Waals surface area contributed by atoms with Crippen LogP contribution in [0.15, 0.2) is 15.8 Å². The third-order valence-electron chi connectivity index (χ3n) is 1.24. The average Bonchev–Trinajstić information content (AvgIpc) is 2.52. The van der Waals surface area contributed by atoms with E-state index in [-0.39, 0.29) is 6.04 Å². The standard InChI is InChI=1S/C6H10N4O/c1-8-3-2-5(7)6-9-4-10-11-6/h3-5H,2,7H2,1H3. The maximum Gasteiger partial charge on any atom is 0.243 e. The Morgan fingerprint density at radius 1 is 1.91 bits per heavy atom. The number of rotatable bonds is 3. The van der Waals surface area contributed by atoms with Crippen molar-refractivity contribution in [3.63, 3.8) is 0 Å². The Labute approximate surface area is 64.3 Å². The third-order valence-corrected chi connectivity index (χ3v) is 1.24. The van der Waals surface area contributed by atoms with Crippen molar-refractivity contribution >= 4 is 6.21 Å². The Kier molecular flexibility index (Phi) is 2.74. The van der Waals surface area contributed by atoms with Gasteiger partial charge in [-0.25, -0.2) is 0 Å². The molecule has 0 saturated carbocycles. The second-order valence-corrected chi connectivity index (χ2v) is 2.06. The van der Waals surface area contributed by atoms with E-state index in [1.165, 1.54) is 6.33 Å². The SMILES string of the molecule is CN=CCC(N)c1ncno1. The van der Waals surface area contributed by atoms with Gasteiger partial charge in [-0.05, 0) is 0 Å². The maximum atomic E-state index is 5.64. The Hall–Kier alpha value is -1.23. The highest BCUT2D eigenvalue weighted by Gasteiger charge is 2.08. The van der Waals surface area contributed by atoms with Crippen LogP contribution >= 0.6 is 0 Å². The molecule has 5 heteroatoms. The van der Waals surface area contributed by atoms with E-state index in [1.54, 1.807) is 13.3 Å². The number of nitrogens with two attached hydrogens (primary N) is 1. The Balaban J connectivity index is 2.49. The predicted molar refractivity (Wildman–Crippen MR) is 40.3 cm³/mol. The van der Waals surface area contributed by atoms with Crippen LogP contribution in [0.5, 0.6) is 0 Å². The first-order chi connectivity index (χ1) is 5.34. The molecule has 1 rings (SSSR count). The lowest BCUT2D eigenvalue weighted by atomic mass is 10.2. The van der Waals surface area contributed by atoms with Gasteiger partial charge in [0.25, 0.3) is 0 Å². The highest BCUT2D eigenvalue weighted by Crippen LogP contribution is 2.07. The number of hydrogen-bond donors (Lipinski definition) is 1. The second-order valence-electron chi connectivity index (χ2n) is 2.06. The number of nitrogens with zero attached hydrogens (tertiary/aromatic N) is 3. The van der Waals surface area contributed by atoms with Crippen molar-refractivity contribution in [2.24, 2.45) is 10.7 Å². The van der Waals surface area contributed by atoms with E-state index in [0.717, 1.165) is 0 Å². The summed E-state index contributed by atoms with van der Waals surface area (Å²) in [6.45, 7) is 0. The van der Waals surface area contributed by atoms with Gasteiger partial charge in [0.05, 0.1) is 6.04 Å². The van der Waals surface area contributed by atoms with E-state index in [4.69, 9.17) is 10.3 Å². The minimum atomic E-state index is -0.235. The molecule has 0 spiro atoms. The van der Waals surface area contributed by atoms with Gasteiger partial charge in [0.1, 0.15) is 0 Å². The van der Waals surface area contributed by atoms with E-state index in [2.05, 4.69) is 15.1 Å². The molecule has 1 aromatic rings. The van der Waals surface area contributed by atoms with Gasteiger partial charge in [0.2, 0.25) is 5.89 Å². The third kappa shape index (κ3) is 2.12. The number of hydrogen-bond acceptors (Lipinski definition) is 5. The van der Waals surface area contributed by atoms with E-state index in [9.17, 15) is 0 Å². The van der Waals surface area contributed by atoms with E-state index >= 15 is 0 Å². The molecule has 2 N–H and O–H groups in total. The van der Waals surface area contributed by atoms with Gasteiger partial charge >= 0.3 is 0 Å². The molecule has 1 atom stereocenters. The predicted octanol–water partition coefficient (Wildman–Crippen LogP) is 0.160. The molecular weight excluding hydrogens is 144 g/mol. The molecule has 0 aliphatic carbocycles. The molecule has 1 unspecified atom stereocenters. The summed E-state index contributed by atoms with van der Waals surface area (Å²) in [6.07, 6.45) is 3.67. The van der Waals surface area contributed by atoms with Gasteiger partial charge in [-0.2, -0.15) is 4.98 Å². The van der Waals surface area contributed by atoms with Gasteiger partial charge in [0, 0.05) is 19.7 Å². The molecule has 60 valence electrons. The van der Waals surface area contributed by atoms with Gasteiger partial charge in [-0.1, -0.05) is 5.16 Å². The Morgan fingerprint density at radius 3 is 3.27 bits per heavy atom. The molecule has 0 amide bonds. The lowest BCUT2D eigenvalue weighted by Crippen LogP contribution is -2.10. The van der Waals surface area contributed by atoms with Crippen molar-refractivity contribution in [3.8, 4) is 0 Å². The van der Waals surface area contributed by atoms with Crippen LogP contribution in [0.4, 0.5) is 0 Å². The maximum absolute atomic E-state index is 5.64. The van der Waals surface area contributed by atoms with Crippen LogP contribution in [-0.4, -0.2) is 23.4 Å². The van der Waals surface area contributed by atoms with Crippen LogP contribution in [0.25, 0.3) is 0 Å². The van der Waals surface area contributed by atoms with Gasteiger partial charge in [-0.15, -0.1) is 0 Å². The van der Waals surface area contributed by atoms with E-state index < -0.39 is 0 Å². The van der Waals surface area contributed by atoms with Crippen LogP contribution in [0.1, 0.15) is 18.4 Å². The van der Waals surface area contributed by atoms with Crippen LogP contribution in [0.2, 0.25) is 0 Å². The molecule has 0 aromatic carbocycles. The largest absolute Gasteiger partial charge is 0.338 e. The smallest absolute Gasteiger partial charge is 0.243 e.